The van der Waals surface area contributed by atoms with Crippen LogP contribution in [0.4, 0.5) is 0 Å². The summed E-state index contributed by atoms with van der Waals surface area (Å²) in [4.78, 5) is 0. The van der Waals surface area contributed by atoms with Gasteiger partial charge >= 0.3 is 0 Å². The van der Waals surface area contributed by atoms with Crippen LogP contribution < -0.4 is 5.32 Å². The molecular weight excluding hydrogens is 377 g/mol. The quantitative estimate of drug-likeness (QED) is 0.567. The number of hydrogen-bond donors (Lipinski definition) is 2. The van der Waals surface area contributed by atoms with Crippen molar-refractivity contribution in [3.8, 4) is 0 Å². The Morgan fingerprint density at radius 1 is 1.04 bits per heavy atom. The van der Waals surface area contributed by atoms with E-state index >= 15 is 0 Å². The molecule has 2 aromatic rings. The van der Waals surface area contributed by atoms with E-state index in [1.165, 1.54) is 0 Å². The van der Waals surface area contributed by atoms with Crippen molar-refractivity contribution >= 4 is 34.8 Å². The molecule has 25 heavy (non-hydrogen) atoms. The lowest BCUT2D eigenvalue weighted by molar-refractivity contribution is 0.233. The molecule has 0 radical (unpaired) electrons. The van der Waals surface area contributed by atoms with E-state index in [4.69, 9.17) is 34.8 Å². The molecule has 0 spiro atoms. The Bertz CT molecular complexity index is 690. The SMILES string of the molecule is CCCC(C)(CN[C@@H](CO)c1ccc(Cl)cc1)c1ccc(Cl)c(Cl)c1. The highest BCUT2D eigenvalue weighted by molar-refractivity contribution is 6.42. The number of aliphatic hydroxyl groups excluding tert-OH is 1. The second kappa shape index (κ2) is 9.25. The topological polar surface area (TPSA) is 32.3 Å². The van der Waals surface area contributed by atoms with E-state index in [-0.39, 0.29) is 18.1 Å². The number of aliphatic hydroxyl groups is 1. The summed E-state index contributed by atoms with van der Waals surface area (Å²) in [5.74, 6) is 0. The molecule has 2 aromatic carbocycles. The van der Waals surface area contributed by atoms with Crippen LogP contribution in [0.5, 0.6) is 0 Å². The second-order valence-electron chi connectivity index (χ2n) is 6.61. The maximum Gasteiger partial charge on any atom is 0.0626 e. The predicted octanol–water partition coefficient (Wildman–Crippen LogP) is 6.03. The van der Waals surface area contributed by atoms with E-state index < -0.39 is 0 Å². The average Bonchev–Trinajstić information content (AvgIpc) is 2.59. The fourth-order valence-electron chi connectivity index (χ4n) is 3.09. The van der Waals surface area contributed by atoms with Gasteiger partial charge in [-0.05, 0) is 41.8 Å². The summed E-state index contributed by atoms with van der Waals surface area (Å²) in [7, 11) is 0. The largest absolute Gasteiger partial charge is 0.394 e. The summed E-state index contributed by atoms with van der Waals surface area (Å²) < 4.78 is 0. The minimum absolute atomic E-state index is 0.0191. The summed E-state index contributed by atoms with van der Waals surface area (Å²) in [5.41, 5.74) is 2.05. The number of hydrogen-bond acceptors (Lipinski definition) is 2. The molecule has 2 nitrogen and oxygen atoms in total. The number of benzene rings is 2. The third kappa shape index (κ3) is 5.35. The van der Waals surface area contributed by atoms with Gasteiger partial charge < -0.3 is 10.4 Å². The summed E-state index contributed by atoms with van der Waals surface area (Å²) in [5, 5.41) is 15.1. The minimum Gasteiger partial charge on any atom is -0.394 e. The van der Waals surface area contributed by atoms with Gasteiger partial charge in [0.25, 0.3) is 0 Å². The highest BCUT2D eigenvalue weighted by atomic mass is 35.5. The molecule has 0 saturated heterocycles. The van der Waals surface area contributed by atoms with Crippen molar-refractivity contribution in [2.75, 3.05) is 13.2 Å². The Hall–Kier alpha value is -0.770. The van der Waals surface area contributed by atoms with Crippen LogP contribution in [0.2, 0.25) is 15.1 Å². The molecule has 0 heterocycles. The molecule has 0 aliphatic carbocycles. The molecule has 0 aliphatic heterocycles. The third-order valence-corrected chi connectivity index (χ3v) is 5.60. The van der Waals surface area contributed by atoms with Crippen molar-refractivity contribution in [1.82, 2.24) is 5.32 Å². The van der Waals surface area contributed by atoms with E-state index in [0.717, 1.165) is 24.0 Å². The zero-order valence-corrected chi connectivity index (χ0v) is 16.8. The van der Waals surface area contributed by atoms with Gasteiger partial charge in [-0.25, -0.2) is 0 Å². The number of rotatable bonds is 8. The van der Waals surface area contributed by atoms with Crippen molar-refractivity contribution in [1.29, 1.82) is 0 Å². The monoisotopic (exact) mass is 399 g/mol. The lowest BCUT2D eigenvalue weighted by atomic mass is 9.78. The van der Waals surface area contributed by atoms with Gasteiger partial charge in [-0.2, -0.15) is 0 Å². The van der Waals surface area contributed by atoms with Gasteiger partial charge in [-0.3, -0.25) is 0 Å². The summed E-state index contributed by atoms with van der Waals surface area (Å²) in [6.07, 6.45) is 2.04. The fraction of sp³-hybridized carbons (Fsp3) is 0.400. The van der Waals surface area contributed by atoms with Crippen molar-refractivity contribution in [2.24, 2.45) is 0 Å². The standard InChI is InChI=1S/C20H24Cl3NO/c1-3-10-20(2,15-6-9-17(22)18(23)11-15)13-24-19(12-25)14-4-7-16(21)8-5-14/h4-9,11,19,24-25H,3,10,12-13H2,1-2H3/t19-,20?/m0/s1. The molecule has 0 fully saturated rings. The Morgan fingerprint density at radius 2 is 1.72 bits per heavy atom. The molecule has 2 N–H and O–H groups in total. The molecule has 136 valence electrons. The van der Waals surface area contributed by atoms with Crippen LogP contribution in [-0.4, -0.2) is 18.3 Å². The summed E-state index contributed by atoms with van der Waals surface area (Å²) in [6, 6.07) is 13.2. The average molecular weight is 401 g/mol. The normalized spacial score (nSPS) is 15.0. The maximum atomic E-state index is 9.79. The second-order valence-corrected chi connectivity index (χ2v) is 7.86. The van der Waals surface area contributed by atoms with E-state index in [2.05, 4.69) is 19.2 Å². The minimum atomic E-state index is -0.142. The van der Waals surface area contributed by atoms with Gasteiger partial charge in [0.15, 0.2) is 0 Å². The van der Waals surface area contributed by atoms with Crippen molar-refractivity contribution < 1.29 is 5.11 Å². The number of nitrogens with one attached hydrogen (secondary N) is 1. The van der Waals surface area contributed by atoms with Crippen molar-refractivity contribution in [3.05, 3.63) is 68.7 Å². The van der Waals surface area contributed by atoms with Gasteiger partial charge in [0.1, 0.15) is 0 Å². The maximum absolute atomic E-state index is 9.79. The van der Waals surface area contributed by atoms with Gasteiger partial charge in [0, 0.05) is 17.0 Å². The summed E-state index contributed by atoms with van der Waals surface area (Å²) in [6.45, 7) is 5.11. The highest BCUT2D eigenvalue weighted by Crippen LogP contribution is 2.33. The van der Waals surface area contributed by atoms with Crippen LogP contribution in [0.15, 0.2) is 42.5 Å². The molecule has 0 saturated carbocycles. The van der Waals surface area contributed by atoms with Gasteiger partial charge in [0.2, 0.25) is 0 Å². The molecule has 2 atom stereocenters. The molecule has 1 unspecified atom stereocenters. The molecule has 0 amide bonds. The van der Waals surface area contributed by atoms with Crippen LogP contribution >= 0.6 is 34.8 Å². The molecule has 0 aliphatic rings. The Balaban J connectivity index is 2.19. The zero-order chi connectivity index (χ0) is 18.4. The molecule has 5 heteroatoms. The highest BCUT2D eigenvalue weighted by Gasteiger charge is 2.27. The van der Waals surface area contributed by atoms with Gasteiger partial charge in [-0.15, -0.1) is 0 Å². The number of halogens is 3. The van der Waals surface area contributed by atoms with Crippen LogP contribution in [0.1, 0.15) is 43.9 Å². The first kappa shape index (κ1) is 20.5. The first-order valence-electron chi connectivity index (χ1n) is 8.45. The van der Waals surface area contributed by atoms with Crippen LogP contribution in [0.25, 0.3) is 0 Å². The van der Waals surface area contributed by atoms with Gasteiger partial charge in [0.05, 0.1) is 22.7 Å². The third-order valence-electron chi connectivity index (χ3n) is 4.61. The predicted molar refractivity (Wildman–Crippen MR) is 108 cm³/mol. The smallest absolute Gasteiger partial charge is 0.0626 e. The first-order chi connectivity index (χ1) is 11.9. The zero-order valence-electron chi connectivity index (χ0n) is 14.5. The molecular formula is C20H24Cl3NO. The molecule has 2 rings (SSSR count). The lowest BCUT2D eigenvalue weighted by Crippen LogP contribution is -2.38. The molecule has 0 bridgehead atoms. The molecule has 0 aromatic heterocycles. The van der Waals surface area contributed by atoms with E-state index in [0.29, 0.717) is 21.6 Å². The van der Waals surface area contributed by atoms with Gasteiger partial charge in [-0.1, -0.05) is 73.3 Å². The van der Waals surface area contributed by atoms with Crippen molar-refractivity contribution in [2.45, 2.75) is 38.1 Å². The van der Waals surface area contributed by atoms with Crippen LogP contribution in [-0.2, 0) is 5.41 Å². The Morgan fingerprint density at radius 3 is 2.28 bits per heavy atom. The Kier molecular flexibility index (Phi) is 7.60. The van der Waals surface area contributed by atoms with Crippen LogP contribution in [0.3, 0.4) is 0 Å². The van der Waals surface area contributed by atoms with E-state index in [1.54, 1.807) is 0 Å². The fourth-order valence-corrected chi connectivity index (χ4v) is 3.51. The van der Waals surface area contributed by atoms with E-state index in [1.807, 2.05) is 42.5 Å². The van der Waals surface area contributed by atoms with Crippen molar-refractivity contribution in [3.63, 3.8) is 0 Å². The lowest BCUT2D eigenvalue weighted by Gasteiger charge is -2.32. The van der Waals surface area contributed by atoms with E-state index in [9.17, 15) is 5.11 Å². The van der Waals surface area contributed by atoms with Crippen LogP contribution in [0, 0.1) is 0 Å². The first-order valence-corrected chi connectivity index (χ1v) is 9.58. The summed E-state index contributed by atoms with van der Waals surface area (Å²) >= 11 is 18.2. The Labute approximate surface area is 165 Å².